The second kappa shape index (κ2) is 7.94. The van der Waals surface area contributed by atoms with Gasteiger partial charge in [-0.1, -0.05) is 18.5 Å². The lowest BCUT2D eigenvalue weighted by atomic mass is 9.93. The maximum absolute atomic E-state index is 11.8. The van der Waals surface area contributed by atoms with Crippen molar-refractivity contribution in [2.45, 2.75) is 26.2 Å². The number of nitrogens with one attached hydrogen (secondary N) is 2. The van der Waals surface area contributed by atoms with Crippen molar-refractivity contribution in [3.63, 3.8) is 0 Å². The van der Waals surface area contributed by atoms with Crippen LogP contribution in [0.25, 0.3) is 10.1 Å². The van der Waals surface area contributed by atoms with Gasteiger partial charge < -0.3 is 15.4 Å². The SMILES string of the molecule is COC(=O)c1sc2cc(NC(=S)Nc3nc4c(s3)CC(C)CC4)ccc2c1Cl. The number of halogens is 1. The number of aryl methyl sites for hydroxylation is 1. The van der Waals surface area contributed by atoms with Crippen molar-refractivity contribution in [2.75, 3.05) is 17.7 Å². The standard InChI is InChI=1S/C19H18ClN3O2S3/c1-9-3-6-12-14(7-9)28-19(22-12)23-18(26)21-10-4-5-11-13(8-10)27-16(15(11)20)17(24)25-2/h4-5,8-9H,3,6-7H2,1-2H3,(H2,21,22,23,26). The fourth-order valence-electron chi connectivity index (χ4n) is 3.22. The summed E-state index contributed by atoms with van der Waals surface area (Å²) in [6, 6.07) is 5.67. The Kier molecular flexibility index (Phi) is 5.55. The monoisotopic (exact) mass is 451 g/mol. The lowest BCUT2D eigenvalue weighted by Crippen LogP contribution is -2.18. The molecule has 0 radical (unpaired) electrons. The van der Waals surface area contributed by atoms with Gasteiger partial charge in [-0.05, 0) is 55.6 Å². The number of hydrogen-bond acceptors (Lipinski definition) is 6. The van der Waals surface area contributed by atoms with Crippen LogP contribution < -0.4 is 10.6 Å². The van der Waals surface area contributed by atoms with Gasteiger partial charge >= 0.3 is 5.97 Å². The first-order valence-corrected chi connectivity index (χ1v) is 11.2. The number of anilines is 2. The van der Waals surface area contributed by atoms with Crippen molar-refractivity contribution in [3.8, 4) is 0 Å². The minimum absolute atomic E-state index is 0.402. The molecule has 2 heterocycles. The van der Waals surface area contributed by atoms with E-state index in [9.17, 15) is 4.79 Å². The van der Waals surface area contributed by atoms with Gasteiger partial charge in [0.2, 0.25) is 0 Å². The van der Waals surface area contributed by atoms with Crippen molar-refractivity contribution >= 4 is 78.5 Å². The zero-order valence-corrected chi connectivity index (χ0v) is 18.5. The number of carbonyl (C=O) groups excluding carboxylic acids is 1. The van der Waals surface area contributed by atoms with Crippen LogP contribution in [0.15, 0.2) is 18.2 Å². The molecule has 0 aliphatic heterocycles. The summed E-state index contributed by atoms with van der Waals surface area (Å²) in [5.41, 5.74) is 2.01. The van der Waals surface area contributed by atoms with E-state index in [4.69, 9.17) is 28.6 Å². The summed E-state index contributed by atoms with van der Waals surface area (Å²) in [6.45, 7) is 2.28. The number of ether oxygens (including phenoxy) is 1. The number of hydrogen-bond donors (Lipinski definition) is 2. The van der Waals surface area contributed by atoms with Crippen LogP contribution in [0.5, 0.6) is 0 Å². The molecule has 0 amide bonds. The fraction of sp³-hybridized carbons (Fsp3) is 0.316. The first-order chi connectivity index (χ1) is 13.4. The number of thiocarbonyl (C=S) groups is 1. The number of nitrogens with zero attached hydrogens (tertiary/aromatic N) is 1. The van der Waals surface area contributed by atoms with E-state index in [0.717, 1.165) is 33.7 Å². The lowest BCUT2D eigenvalue weighted by molar-refractivity contribution is 0.0606. The first kappa shape index (κ1) is 19.6. The topological polar surface area (TPSA) is 63.2 Å². The molecule has 146 valence electrons. The van der Waals surface area contributed by atoms with Crippen LogP contribution in [0.2, 0.25) is 5.02 Å². The molecule has 4 rings (SSSR count). The molecule has 0 spiro atoms. The van der Waals surface area contributed by atoms with Crippen LogP contribution >= 0.6 is 46.5 Å². The number of esters is 1. The third-order valence-corrected chi connectivity index (χ3v) is 7.54. The average Bonchev–Trinajstić information content (AvgIpc) is 3.20. The molecule has 0 fully saturated rings. The minimum Gasteiger partial charge on any atom is -0.465 e. The normalized spacial score (nSPS) is 15.9. The van der Waals surface area contributed by atoms with Crippen molar-refractivity contribution in [1.29, 1.82) is 0 Å². The summed E-state index contributed by atoms with van der Waals surface area (Å²) >= 11 is 14.7. The van der Waals surface area contributed by atoms with E-state index in [1.165, 1.54) is 35.4 Å². The second-order valence-corrected chi connectivity index (χ2v) is 9.69. The number of thiophene rings is 1. The molecule has 3 aromatic rings. The van der Waals surface area contributed by atoms with Crippen LogP contribution in [0.1, 0.15) is 33.6 Å². The van der Waals surface area contributed by atoms with Crippen LogP contribution in [0.3, 0.4) is 0 Å². The van der Waals surface area contributed by atoms with Gasteiger partial charge in [-0.2, -0.15) is 0 Å². The van der Waals surface area contributed by atoms with Crippen LogP contribution in [-0.4, -0.2) is 23.2 Å². The van der Waals surface area contributed by atoms with E-state index < -0.39 is 5.97 Å². The largest absolute Gasteiger partial charge is 0.465 e. The van der Waals surface area contributed by atoms with Gasteiger partial charge in [0.15, 0.2) is 10.2 Å². The molecule has 2 N–H and O–H groups in total. The van der Waals surface area contributed by atoms with Crippen molar-refractivity contribution in [2.24, 2.45) is 5.92 Å². The molecular weight excluding hydrogens is 434 g/mol. The molecule has 28 heavy (non-hydrogen) atoms. The van der Waals surface area contributed by atoms with E-state index in [0.29, 0.717) is 20.9 Å². The van der Waals surface area contributed by atoms with Crippen molar-refractivity contribution in [1.82, 2.24) is 4.98 Å². The van der Waals surface area contributed by atoms with E-state index in [2.05, 4.69) is 22.5 Å². The number of methoxy groups -OCH3 is 1. The van der Waals surface area contributed by atoms with Gasteiger partial charge in [-0.15, -0.1) is 22.7 Å². The predicted octanol–water partition coefficient (Wildman–Crippen LogP) is 5.73. The van der Waals surface area contributed by atoms with Gasteiger partial charge in [-0.25, -0.2) is 9.78 Å². The Bertz CT molecular complexity index is 1080. The summed E-state index contributed by atoms with van der Waals surface area (Å²) in [7, 11) is 1.34. The van der Waals surface area contributed by atoms with Gasteiger partial charge in [0, 0.05) is 20.7 Å². The van der Waals surface area contributed by atoms with Crippen molar-refractivity contribution < 1.29 is 9.53 Å². The van der Waals surface area contributed by atoms with Gasteiger partial charge in [0.1, 0.15) is 4.88 Å². The molecule has 1 atom stereocenters. The third kappa shape index (κ3) is 3.87. The number of fused-ring (bicyclic) bond motifs is 2. The van der Waals surface area contributed by atoms with E-state index in [1.807, 2.05) is 18.2 Å². The summed E-state index contributed by atoms with van der Waals surface area (Å²) in [6.07, 6.45) is 3.32. The second-order valence-electron chi connectivity index (χ2n) is 6.76. The van der Waals surface area contributed by atoms with E-state index >= 15 is 0 Å². The Labute approximate surface area is 181 Å². The third-order valence-electron chi connectivity index (χ3n) is 4.66. The Morgan fingerprint density at radius 1 is 1.36 bits per heavy atom. The first-order valence-electron chi connectivity index (χ1n) is 8.81. The molecule has 2 aromatic heterocycles. The number of thiazole rings is 1. The lowest BCUT2D eigenvalue weighted by Gasteiger charge is -2.15. The average molecular weight is 452 g/mol. The number of aromatic nitrogens is 1. The van der Waals surface area contributed by atoms with Crippen LogP contribution in [0, 0.1) is 5.92 Å². The molecule has 0 saturated carbocycles. The van der Waals surface area contributed by atoms with Crippen LogP contribution in [-0.2, 0) is 17.6 Å². The molecule has 9 heteroatoms. The maximum Gasteiger partial charge on any atom is 0.349 e. The number of benzene rings is 1. The summed E-state index contributed by atoms with van der Waals surface area (Å²) in [5.74, 6) is 0.282. The van der Waals surface area contributed by atoms with Gasteiger partial charge in [0.05, 0.1) is 17.8 Å². The highest BCUT2D eigenvalue weighted by Gasteiger charge is 2.20. The Morgan fingerprint density at radius 3 is 2.96 bits per heavy atom. The molecule has 1 aliphatic carbocycles. The number of carbonyl (C=O) groups is 1. The van der Waals surface area contributed by atoms with E-state index in [-0.39, 0.29) is 0 Å². The van der Waals surface area contributed by atoms with Crippen LogP contribution in [0.4, 0.5) is 10.8 Å². The molecule has 0 bridgehead atoms. The molecule has 1 aromatic carbocycles. The smallest absolute Gasteiger partial charge is 0.349 e. The summed E-state index contributed by atoms with van der Waals surface area (Å²) < 4.78 is 5.67. The summed E-state index contributed by atoms with van der Waals surface area (Å²) in [4.78, 5) is 18.3. The fourth-order valence-corrected chi connectivity index (χ4v) is 6.14. The molecule has 0 saturated heterocycles. The zero-order valence-electron chi connectivity index (χ0n) is 15.3. The quantitative estimate of drug-likeness (QED) is 0.391. The van der Waals surface area contributed by atoms with E-state index in [1.54, 1.807) is 11.3 Å². The van der Waals surface area contributed by atoms with Crippen molar-refractivity contribution in [3.05, 3.63) is 38.7 Å². The van der Waals surface area contributed by atoms with Gasteiger partial charge in [0.25, 0.3) is 0 Å². The highest BCUT2D eigenvalue weighted by atomic mass is 35.5. The molecule has 1 aliphatic rings. The minimum atomic E-state index is -0.431. The molecule has 5 nitrogen and oxygen atoms in total. The Morgan fingerprint density at radius 2 is 2.18 bits per heavy atom. The Hall–Kier alpha value is -1.74. The highest BCUT2D eigenvalue weighted by Crippen LogP contribution is 2.37. The molecule has 1 unspecified atom stereocenters. The van der Waals surface area contributed by atoms with Gasteiger partial charge in [-0.3, -0.25) is 0 Å². The predicted molar refractivity (Wildman–Crippen MR) is 121 cm³/mol. The zero-order chi connectivity index (χ0) is 19.8. The Balaban J connectivity index is 1.48. The molecular formula is C19H18ClN3O2S3. The summed E-state index contributed by atoms with van der Waals surface area (Å²) in [5, 5.41) is 8.90. The number of rotatable bonds is 3. The maximum atomic E-state index is 11.8. The highest BCUT2D eigenvalue weighted by molar-refractivity contribution is 7.80.